The maximum Gasteiger partial charge on any atom is 0.253 e. The Morgan fingerprint density at radius 1 is 0.792 bits per heavy atom. The van der Waals surface area contributed by atoms with E-state index in [0.29, 0.717) is 33.3 Å². The van der Waals surface area contributed by atoms with Gasteiger partial charge in [-0.15, -0.1) is 23.2 Å². The van der Waals surface area contributed by atoms with Crippen molar-refractivity contribution in [1.82, 2.24) is 4.90 Å². The van der Waals surface area contributed by atoms with Gasteiger partial charge in [0.2, 0.25) is 11.8 Å². The van der Waals surface area contributed by atoms with Gasteiger partial charge in [-0.05, 0) is 59.9 Å². The first-order valence-corrected chi connectivity index (χ1v) is 16.4. The highest BCUT2D eigenvalue weighted by molar-refractivity contribution is 6.53. The molecule has 4 aromatic rings. The number of amides is 4. The summed E-state index contributed by atoms with van der Waals surface area (Å²) < 4.78 is 0. The molecule has 3 fully saturated rings. The van der Waals surface area contributed by atoms with Gasteiger partial charge < -0.3 is 5.11 Å². The number of hydrogen-bond donors (Lipinski definition) is 1. The molecule has 48 heavy (non-hydrogen) atoms. The van der Waals surface area contributed by atoms with Crippen LogP contribution in [0.15, 0.2) is 103 Å². The van der Waals surface area contributed by atoms with Crippen LogP contribution in [0.25, 0.3) is 10.8 Å². The van der Waals surface area contributed by atoms with E-state index in [1.54, 1.807) is 66.7 Å². The van der Waals surface area contributed by atoms with Crippen LogP contribution in [-0.4, -0.2) is 56.2 Å². The second-order valence-electron chi connectivity index (χ2n) is 13.0. The molecule has 240 valence electrons. The highest BCUT2D eigenvalue weighted by Gasteiger charge is 2.76. The maximum absolute atomic E-state index is 14.4. The molecular weight excluding hydrogens is 651 g/mol. The van der Waals surface area contributed by atoms with Crippen molar-refractivity contribution in [3.8, 4) is 5.75 Å². The molecule has 6 atom stereocenters. The molecule has 0 aromatic heterocycles. The van der Waals surface area contributed by atoms with E-state index in [-0.39, 0.29) is 24.4 Å². The minimum Gasteiger partial charge on any atom is -0.508 e. The molecule has 4 aromatic carbocycles. The molecule has 2 heterocycles. The van der Waals surface area contributed by atoms with Crippen molar-refractivity contribution in [2.24, 2.45) is 17.8 Å². The van der Waals surface area contributed by atoms with Crippen LogP contribution < -0.4 is 4.90 Å². The molecule has 2 aliphatic carbocycles. The molecule has 4 aliphatic rings. The lowest BCUT2D eigenvalue weighted by Crippen LogP contribution is -2.60. The maximum atomic E-state index is 14.4. The summed E-state index contributed by atoms with van der Waals surface area (Å²) >= 11 is 14.6. The Morgan fingerprint density at radius 3 is 2.19 bits per heavy atom. The molecule has 8 rings (SSSR count). The van der Waals surface area contributed by atoms with Crippen molar-refractivity contribution in [3.05, 3.63) is 119 Å². The lowest BCUT2D eigenvalue weighted by Gasteiger charge is -2.51. The fraction of sp³-hybridized carbons (Fsp3) is 0.237. The second-order valence-corrected chi connectivity index (χ2v) is 14.2. The number of carbonyl (C=O) groups is 5. The average Bonchev–Trinajstić information content (AvgIpc) is 3.43. The second kappa shape index (κ2) is 10.6. The minimum atomic E-state index is -2.01. The quantitative estimate of drug-likeness (QED) is 0.123. The monoisotopic (exact) mass is 678 g/mol. The number of nitrogens with zero attached hydrogens (tertiary/aromatic N) is 2. The van der Waals surface area contributed by atoms with E-state index >= 15 is 0 Å². The summed E-state index contributed by atoms with van der Waals surface area (Å²) in [5, 5.41) is 12.8. The molecule has 0 bridgehead atoms. The number of aromatic hydroxyl groups is 1. The van der Waals surface area contributed by atoms with Gasteiger partial charge in [-0.1, -0.05) is 72.3 Å². The zero-order valence-corrected chi connectivity index (χ0v) is 27.1. The fourth-order valence-corrected chi connectivity index (χ4v) is 9.42. The molecule has 1 N–H and O–H groups in total. The number of likely N-dealkylation sites (tertiary alicyclic amines) is 1. The third-order valence-corrected chi connectivity index (χ3v) is 12.1. The van der Waals surface area contributed by atoms with Gasteiger partial charge in [0.05, 0.1) is 17.5 Å². The molecule has 1 saturated carbocycles. The first kappa shape index (κ1) is 30.5. The number of carbonyl (C=O) groups excluding carboxylic acids is 5. The lowest BCUT2D eigenvalue weighted by molar-refractivity contribution is -0.138. The zero-order valence-electron chi connectivity index (χ0n) is 25.6. The number of rotatable bonds is 4. The third kappa shape index (κ3) is 3.93. The molecule has 4 amide bonds. The Morgan fingerprint density at radius 2 is 1.46 bits per heavy atom. The highest BCUT2D eigenvalue weighted by atomic mass is 35.5. The van der Waals surface area contributed by atoms with Crippen LogP contribution in [0, 0.1) is 17.8 Å². The molecule has 6 unspecified atom stereocenters. The zero-order chi connectivity index (χ0) is 33.7. The van der Waals surface area contributed by atoms with Crippen LogP contribution in [0.5, 0.6) is 5.75 Å². The van der Waals surface area contributed by atoms with Crippen molar-refractivity contribution >= 4 is 69.1 Å². The number of allylic oxidation sites excluding steroid dienone is 2. The standard InChI is InChI=1S/C38H28Cl2N2O6/c1-41-35(47)37(39)19-27-25(31(38(37,40)36(41)48)30-24-10-6-5-7-20(24)13-18-28(30)43)16-17-26-29(27)34(46)42(33(26)45)23-14-11-22(12-15-23)32(44)21-8-3-2-4-9-21/h2-16,18,26-27,29,31,43H,17,19H2,1H3. The van der Waals surface area contributed by atoms with Gasteiger partial charge in [-0.2, -0.15) is 0 Å². The molecule has 2 aliphatic heterocycles. The Kier molecular flexibility index (Phi) is 6.75. The number of ketones is 1. The number of halogens is 2. The van der Waals surface area contributed by atoms with Crippen LogP contribution in [-0.2, 0) is 19.2 Å². The van der Waals surface area contributed by atoms with Gasteiger partial charge in [0, 0.05) is 29.7 Å². The number of alkyl halides is 2. The van der Waals surface area contributed by atoms with Gasteiger partial charge in [-0.25, -0.2) is 0 Å². The average molecular weight is 680 g/mol. The van der Waals surface area contributed by atoms with Crippen molar-refractivity contribution in [2.75, 3.05) is 11.9 Å². The molecule has 0 radical (unpaired) electrons. The minimum absolute atomic E-state index is 0.128. The lowest BCUT2D eigenvalue weighted by atomic mass is 9.56. The number of phenols is 1. The van der Waals surface area contributed by atoms with Gasteiger partial charge in [0.1, 0.15) is 5.75 Å². The Hall–Kier alpha value is -4.79. The molecule has 2 saturated heterocycles. The predicted molar refractivity (Wildman–Crippen MR) is 180 cm³/mol. The van der Waals surface area contributed by atoms with Crippen LogP contribution in [0.3, 0.4) is 0 Å². The largest absolute Gasteiger partial charge is 0.508 e. The number of imide groups is 2. The molecular formula is C38H28Cl2N2O6. The number of benzene rings is 4. The van der Waals surface area contributed by atoms with E-state index in [1.165, 1.54) is 13.1 Å². The number of anilines is 1. The topological polar surface area (TPSA) is 112 Å². The summed E-state index contributed by atoms with van der Waals surface area (Å²) in [4.78, 5) is 67.2. The molecule has 0 spiro atoms. The SMILES string of the molecule is CN1C(=O)C2(Cl)CC3C(=CCC4C(=O)N(c5ccc(C(=O)c6ccccc6)cc5)C(=O)C43)C(c3c(O)ccc4ccccc34)C2(Cl)C1=O. The van der Waals surface area contributed by atoms with Gasteiger partial charge in [-0.3, -0.25) is 33.8 Å². The fourth-order valence-electron chi connectivity index (χ4n) is 8.42. The van der Waals surface area contributed by atoms with Gasteiger partial charge in [0.25, 0.3) is 11.8 Å². The van der Waals surface area contributed by atoms with Crippen molar-refractivity contribution in [3.63, 3.8) is 0 Å². The predicted octanol–water partition coefficient (Wildman–Crippen LogP) is 5.97. The third-order valence-electron chi connectivity index (χ3n) is 10.7. The summed E-state index contributed by atoms with van der Waals surface area (Å²) in [6.45, 7) is 0. The van der Waals surface area contributed by atoms with E-state index in [9.17, 15) is 29.1 Å². The van der Waals surface area contributed by atoms with Crippen molar-refractivity contribution < 1.29 is 29.1 Å². The highest BCUT2D eigenvalue weighted by Crippen LogP contribution is 2.66. The smallest absolute Gasteiger partial charge is 0.253 e. The van der Waals surface area contributed by atoms with E-state index in [0.717, 1.165) is 15.2 Å². The number of fused-ring (bicyclic) bond motifs is 5. The summed E-state index contributed by atoms with van der Waals surface area (Å²) in [5.74, 6) is -6.02. The summed E-state index contributed by atoms with van der Waals surface area (Å²) in [6, 6.07) is 25.7. The summed E-state index contributed by atoms with van der Waals surface area (Å²) in [6.07, 6.45) is 1.87. The van der Waals surface area contributed by atoms with Crippen LogP contribution in [0.2, 0.25) is 0 Å². The normalized spacial score (nSPS) is 29.5. The molecule has 8 nitrogen and oxygen atoms in total. The van der Waals surface area contributed by atoms with Gasteiger partial charge in [0.15, 0.2) is 15.5 Å². The first-order valence-electron chi connectivity index (χ1n) is 15.7. The Bertz CT molecular complexity index is 2130. The van der Waals surface area contributed by atoms with Crippen LogP contribution in [0.4, 0.5) is 5.69 Å². The summed E-state index contributed by atoms with van der Waals surface area (Å²) in [5.41, 5.74) is 2.18. The van der Waals surface area contributed by atoms with Crippen LogP contribution in [0.1, 0.15) is 40.2 Å². The van der Waals surface area contributed by atoms with Crippen LogP contribution >= 0.6 is 23.2 Å². The van der Waals surface area contributed by atoms with E-state index < -0.39 is 57.0 Å². The van der Waals surface area contributed by atoms with E-state index in [2.05, 4.69) is 0 Å². The Balaban J connectivity index is 1.23. The summed E-state index contributed by atoms with van der Waals surface area (Å²) in [7, 11) is 1.33. The Labute approximate surface area is 285 Å². The number of phenolic OH excluding ortho intramolecular Hbond substituents is 1. The number of hydrogen-bond acceptors (Lipinski definition) is 6. The van der Waals surface area contributed by atoms with E-state index in [4.69, 9.17) is 23.2 Å². The van der Waals surface area contributed by atoms with Gasteiger partial charge >= 0.3 is 0 Å². The first-order chi connectivity index (χ1) is 23.0. The molecule has 10 heteroatoms. The van der Waals surface area contributed by atoms with Crippen molar-refractivity contribution in [2.45, 2.75) is 28.5 Å². The van der Waals surface area contributed by atoms with Crippen molar-refractivity contribution in [1.29, 1.82) is 0 Å². The van der Waals surface area contributed by atoms with E-state index in [1.807, 2.05) is 24.3 Å².